The van der Waals surface area contributed by atoms with Crippen LogP contribution in [0, 0.1) is 0 Å². The van der Waals surface area contributed by atoms with Crippen molar-refractivity contribution in [3.63, 3.8) is 0 Å². The molecule has 0 aliphatic rings. The van der Waals surface area contributed by atoms with E-state index in [0.29, 0.717) is 18.9 Å². The number of phenolic OH excluding ortho intramolecular Hbond substituents is 1. The largest absolute Gasteiger partial charge is 0.504 e. The number of likely N-dealkylation sites (N-methyl/N-ethyl adjacent to an activating group) is 1. The Balaban J connectivity index is 2.82. The van der Waals surface area contributed by atoms with E-state index < -0.39 is 0 Å². The van der Waals surface area contributed by atoms with Crippen LogP contribution in [0.1, 0.15) is 26.3 Å². The smallest absolute Gasteiger partial charge is 0.162 e. The van der Waals surface area contributed by atoms with Crippen molar-refractivity contribution < 1.29 is 9.84 Å². The van der Waals surface area contributed by atoms with Crippen LogP contribution in [-0.4, -0.2) is 29.7 Å². The van der Waals surface area contributed by atoms with Gasteiger partial charge < -0.3 is 9.84 Å². The zero-order valence-corrected chi connectivity index (χ0v) is 11.6. The molecule has 0 aromatic heterocycles. The molecule has 0 saturated carbocycles. The first-order valence-corrected chi connectivity index (χ1v) is 6.38. The molecule has 0 amide bonds. The normalized spacial score (nSPS) is 10.7. The Morgan fingerprint density at radius 1 is 1.39 bits per heavy atom. The lowest BCUT2D eigenvalue weighted by Crippen LogP contribution is -2.24. The number of ether oxygens (including phenoxy) is 1. The van der Waals surface area contributed by atoms with Crippen molar-refractivity contribution in [2.45, 2.75) is 27.3 Å². The third-order valence-electron chi connectivity index (χ3n) is 2.72. The van der Waals surface area contributed by atoms with Crippen LogP contribution in [0.5, 0.6) is 11.5 Å². The van der Waals surface area contributed by atoms with E-state index in [1.54, 1.807) is 6.07 Å². The Kier molecular flexibility index (Phi) is 5.72. The van der Waals surface area contributed by atoms with E-state index in [1.807, 2.05) is 26.0 Å². The van der Waals surface area contributed by atoms with Gasteiger partial charge in [0, 0.05) is 18.7 Å². The SMILES string of the molecule is C=C(C)CN(CC)Cc1cccc(OCC)c1O. The molecule has 0 aliphatic heterocycles. The number of para-hydroxylation sites is 1. The van der Waals surface area contributed by atoms with Crippen molar-refractivity contribution in [3.8, 4) is 11.5 Å². The molecule has 0 saturated heterocycles. The molecule has 0 atom stereocenters. The quantitative estimate of drug-likeness (QED) is 0.753. The number of aromatic hydroxyl groups is 1. The van der Waals surface area contributed by atoms with Gasteiger partial charge >= 0.3 is 0 Å². The second-order valence-electron chi connectivity index (χ2n) is 4.46. The number of benzene rings is 1. The molecule has 0 spiro atoms. The summed E-state index contributed by atoms with van der Waals surface area (Å²) in [6.07, 6.45) is 0. The minimum absolute atomic E-state index is 0.250. The number of nitrogens with zero attached hydrogens (tertiary/aromatic N) is 1. The molecule has 0 heterocycles. The number of rotatable bonds is 7. The summed E-state index contributed by atoms with van der Waals surface area (Å²) < 4.78 is 5.39. The number of hydrogen-bond acceptors (Lipinski definition) is 3. The predicted octanol–water partition coefficient (Wildman–Crippen LogP) is 3.19. The highest BCUT2D eigenvalue weighted by Gasteiger charge is 2.11. The summed E-state index contributed by atoms with van der Waals surface area (Å²) >= 11 is 0. The van der Waals surface area contributed by atoms with Gasteiger partial charge in [0.05, 0.1) is 6.61 Å². The maximum atomic E-state index is 10.1. The summed E-state index contributed by atoms with van der Waals surface area (Å²) in [5.74, 6) is 0.806. The van der Waals surface area contributed by atoms with Crippen molar-refractivity contribution in [1.29, 1.82) is 0 Å². The Morgan fingerprint density at radius 3 is 2.67 bits per heavy atom. The van der Waals surface area contributed by atoms with Crippen LogP contribution >= 0.6 is 0 Å². The average Bonchev–Trinajstić information content (AvgIpc) is 2.33. The van der Waals surface area contributed by atoms with Gasteiger partial charge in [-0.3, -0.25) is 4.90 Å². The van der Waals surface area contributed by atoms with Gasteiger partial charge in [-0.2, -0.15) is 0 Å². The van der Waals surface area contributed by atoms with Gasteiger partial charge in [0.1, 0.15) is 0 Å². The van der Waals surface area contributed by atoms with Gasteiger partial charge in [0.15, 0.2) is 11.5 Å². The minimum atomic E-state index is 0.250. The molecule has 0 bridgehead atoms. The summed E-state index contributed by atoms with van der Waals surface area (Å²) in [4.78, 5) is 2.23. The van der Waals surface area contributed by atoms with Gasteiger partial charge in [-0.05, 0) is 26.5 Å². The van der Waals surface area contributed by atoms with Crippen LogP contribution in [0.25, 0.3) is 0 Å². The summed E-state index contributed by atoms with van der Waals surface area (Å²) in [7, 11) is 0. The Hall–Kier alpha value is -1.48. The molecular weight excluding hydrogens is 226 g/mol. The summed E-state index contributed by atoms with van der Waals surface area (Å²) in [5.41, 5.74) is 2.02. The predicted molar refractivity (Wildman–Crippen MR) is 75.0 cm³/mol. The van der Waals surface area contributed by atoms with E-state index in [-0.39, 0.29) is 5.75 Å². The molecule has 1 aromatic rings. The van der Waals surface area contributed by atoms with E-state index in [9.17, 15) is 5.11 Å². The van der Waals surface area contributed by atoms with Crippen LogP contribution in [0.15, 0.2) is 30.4 Å². The first-order valence-electron chi connectivity index (χ1n) is 6.38. The van der Waals surface area contributed by atoms with Crippen LogP contribution in [0.2, 0.25) is 0 Å². The van der Waals surface area contributed by atoms with E-state index >= 15 is 0 Å². The maximum Gasteiger partial charge on any atom is 0.162 e. The molecule has 3 nitrogen and oxygen atoms in total. The molecule has 100 valence electrons. The highest BCUT2D eigenvalue weighted by molar-refractivity contribution is 5.45. The van der Waals surface area contributed by atoms with Gasteiger partial charge in [0.2, 0.25) is 0 Å². The van der Waals surface area contributed by atoms with Crippen molar-refractivity contribution in [2.24, 2.45) is 0 Å². The lowest BCUT2D eigenvalue weighted by Gasteiger charge is -2.21. The third kappa shape index (κ3) is 4.08. The Morgan fingerprint density at radius 2 is 2.11 bits per heavy atom. The number of phenols is 1. The molecule has 1 aromatic carbocycles. The standard InChI is InChI=1S/C15H23NO2/c1-5-16(10-12(3)4)11-13-8-7-9-14(15(13)17)18-6-2/h7-9,17H,3,5-6,10-11H2,1-2,4H3. The first-order chi connectivity index (χ1) is 8.58. The van der Waals surface area contributed by atoms with Crippen LogP contribution in [0.4, 0.5) is 0 Å². The van der Waals surface area contributed by atoms with Gasteiger partial charge in [-0.15, -0.1) is 0 Å². The third-order valence-corrected chi connectivity index (χ3v) is 2.72. The van der Waals surface area contributed by atoms with Crippen LogP contribution in [0.3, 0.4) is 0 Å². The van der Waals surface area contributed by atoms with Gasteiger partial charge in [0.25, 0.3) is 0 Å². The fraction of sp³-hybridized carbons (Fsp3) is 0.467. The average molecular weight is 249 g/mol. The zero-order chi connectivity index (χ0) is 13.5. The second kappa shape index (κ2) is 7.07. The molecule has 0 unspecified atom stereocenters. The highest BCUT2D eigenvalue weighted by atomic mass is 16.5. The molecule has 1 rings (SSSR count). The maximum absolute atomic E-state index is 10.1. The molecule has 0 fully saturated rings. The molecule has 0 radical (unpaired) electrons. The van der Waals surface area contributed by atoms with Crippen molar-refractivity contribution in [2.75, 3.05) is 19.7 Å². The molecule has 0 aliphatic carbocycles. The fourth-order valence-electron chi connectivity index (χ4n) is 1.87. The summed E-state index contributed by atoms with van der Waals surface area (Å²) in [6, 6.07) is 5.63. The zero-order valence-electron chi connectivity index (χ0n) is 11.6. The molecule has 1 N–H and O–H groups in total. The lowest BCUT2D eigenvalue weighted by atomic mass is 10.1. The van der Waals surface area contributed by atoms with Gasteiger partial charge in [-0.1, -0.05) is 31.2 Å². The van der Waals surface area contributed by atoms with E-state index in [0.717, 1.165) is 24.2 Å². The molecule has 18 heavy (non-hydrogen) atoms. The van der Waals surface area contributed by atoms with Crippen molar-refractivity contribution >= 4 is 0 Å². The molecule has 3 heteroatoms. The van der Waals surface area contributed by atoms with Gasteiger partial charge in [-0.25, -0.2) is 0 Å². The van der Waals surface area contributed by atoms with Crippen molar-refractivity contribution in [3.05, 3.63) is 35.9 Å². The second-order valence-corrected chi connectivity index (χ2v) is 4.46. The van der Waals surface area contributed by atoms with Crippen LogP contribution in [-0.2, 0) is 6.54 Å². The summed E-state index contributed by atoms with van der Waals surface area (Å²) in [6.45, 7) is 13.0. The number of hydrogen-bond donors (Lipinski definition) is 1. The van der Waals surface area contributed by atoms with Crippen molar-refractivity contribution in [1.82, 2.24) is 4.90 Å². The van der Waals surface area contributed by atoms with Crippen LogP contribution < -0.4 is 4.74 Å². The Bertz CT molecular complexity index is 401. The topological polar surface area (TPSA) is 32.7 Å². The summed E-state index contributed by atoms with van der Waals surface area (Å²) in [5, 5.41) is 10.1. The Labute approximate surface area is 110 Å². The monoisotopic (exact) mass is 249 g/mol. The van der Waals surface area contributed by atoms with E-state index in [4.69, 9.17) is 4.74 Å². The van der Waals surface area contributed by atoms with E-state index in [2.05, 4.69) is 18.4 Å². The van der Waals surface area contributed by atoms with E-state index in [1.165, 1.54) is 0 Å². The first kappa shape index (κ1) is 14.6. The molecular formula is C15H23NO2. The fourth-order valence-corrected chi connectivity index (χ4v) is 1.87. The highest BCUT2D eigenvalue weighted by Crippen LogP contribution is 2.30. The minimum Gasteiger partial charge on any atom is -0.504 e. The lowest BCUT2D eigenvalue weighted by molar-refractivity contribution is 0.289.